The number of anilines is 1. The maximum atomic E-state index is 12.5. The Kier molecular flexibility index (Phi) is 5.43. The maximum absolute atomic E-state index is 12.5. The second-order valence-corrected chi connectivity index (χ2v) is 8.65. The summed E-state index contributed by atoms with van der Waals surface area (Å²) in [6.45, 7) is 0.404. The van der Waals surface area contributed by atoms with Crippen molar-refractivity contribution in [1.29, 1.82) is 0 Å². The van der Waals surface area contributed by atoms with Gasteiger partial charge in [0.2, 0.25) is 15.9 Å². The van der Waals surface area contributed by atoms with Gasteiger partial charge in [-0.15, -0.1) is 0 Å². The van der Waals surface area contributed by atoms with Crippen molar-refractivity contribution in [1.82, 2.24) is 4.72 Å². The zero-order chi connectivity index (χ0) is 18.7. The number of hydrogen-bond acceptors (Lipinski definition) is 5. The molecule has 1 heterocycles. The van der Waals surface area contributed by atoms with E-state index in [9.17, 15) is 18.0 Å². The van der Waals surface area contributed by atoms with Crippen molar-refractivity contribution >= 4 is 32.6 Å². The number of benzene rings is 1. The fourth-order valence-corrected chi connectivity index (χ4v) is 3.82. The summed E-state index contributed by atoms with van der Waals surface area (Å²) in [5.41, 5.74) is 0.0621. The summed E-state index contributed by atoms with van der Waals surface area (Å²) in [4.78, 5) is 24.5. The minimum Gasteiger partial charge on any atom is -0.421 e. The molecule has 2 aromatic rings. The lowest BCUT2D eigenvalue weighted by Crippen LogP contribution is -2.33. The topological polar surface area (TPSA) is 105 Å². The molecule has 1 amide bonds. The minimum absolute atomic E-state index is 0.148. The molecule has 1 aromatic heterocycles. The fourth-order valence-electron chi connectivity index (χ4n) is 3.28. The summed E-state index contributed by atoms with van der Waals surface area (Å²) < 4.78 is 30.1. The molecule has 1 aromatic carbocycles. The Bertz CT molecular complexity index is 959. The molecule has 8 heteroatoms. The largest absolute Gasteiger partial charge is 0.421 e. The number of fused-ring (bicyclic) bond motifs is 1. The normalized spacial score (nSPS) is 20.8. The number of amides is 1. The van der Waals surface area contributed by atoms with Crippen LogP contribution in [0.1, 0.15) is 25.7 Å². The molecule has 0 spiro atoms. The fraction of sp³-hybridized carbons (Fsp3) is 0.444. The van der Waals surface area contributed by atoms with Gasteiger partial charge in [-0.05, 0) is 43.7 Å². The molecule has 3 rings (SSSR count). The van der Waals surface area contributed by atoms with Gasteiger partial charge in [-0.2, -0.15) is 0 Å². The summed E-state index contributed by atoms with van der Waals surface area (Å²) in [6, 6.07) is 8.75. The third kappa shape index (κ3) is 4.70. The molecule has 140 valence electrons. The second kappa shape index (κ2) is 7.59. The average Bonchev–Trinajstić information content (AvgIpc) is 2.60. The van der Waals surface area contributed by atoms with E-state index in [0.717, 1.165) is 24.5 Å². The van der Waals surface area contributed by atoms with Crippen LogP contribution in [0.4, 0.5) is 5.69 Å². The van der Waals surface area contributed by atoms with Crippen molar-refractivity contribution in [3.8, 4) is 0 Å². The Morgan fingerprint density at radius 1 is 1.19 bits per heavy atom. The third-order valence-corrected chi connectivity index (χ3v) is 5.44. The third-order valence-electron chi connectivity index (χ3n) is 4.75. The van der Waals surface area contributed by atoms with Gasteiger partial charge in [0.1, 0.15) is 11.3 Å². The highest BCUT2D eigenvalue weighted by Gasteiger charge is 2.27. The van der Waals surface area contributed by atoms with Crippen LogP contribution in [0.2, 0.25) is 0 Å². The first-order valence-electron chi connectivity index (χ1n) is 8.60. The van der Waals surface area contributed by atoms with Crippen LogP contribution in [-0.4, -0.2) is 27.1 Å². The molecule has 0 radical (unpaired) electrons. The Labute approximate surface area is 151 Å². The van der Waals surface area contributed by atoms with Crippen LogP contribution in [0.3, 0.4) is 0 Å². The zero-order valence-electron chi connectivity index (χ0n) is 14.5. The standard InChI is InChI=1S/C18H22N2O5S/c1-26(23,24)19-11-12-6-8-13(9-7-12)17(21)20-15-10-14-4-2-3-5-16(14)25-18(15)22/h2-5,10,12-13,19H,6-9,11H2,1H3,(H,20,21). The van der Waals surface area contributed by atoms with Crippen LogP contribution in [0.5, 0.6) is 0 Å². The lowest BCUT2D eigenvalue weighted by atomic mass is 9.81. The van der Waals surface area contributed by atoms with E-state index in [1.54, 1.807) is 18.2 Å². The zero-order valence-corrected chi connectivity index (χ0v) is 15.3. The van der Waals surface area contributed by atoms with Crippen LogP contribution in [-0.2, 0) is 14.8 Å². The number of nitrogens with one attached hydrogen (secondary N) is 2. The van der Waals surface area contributed by atoms with Gasteiger partial charge in [-0.25, -0.2) is 17.9 Å². The Morgan fingerprint density at radius 2 is 1.88 bits per heavy atom. The van der Waals surface area contributed by atoms with Crippen molar-refractivity contribution in [2.45, 2.75) is 25.7 Å². The summed E-state index contributed by atoms with van der Waals surface area (Å²) in [7, 11) is -3.19. The van der Waals surface area contributed by atoms with E-state index >= 15 is 0 Å². The molecule has 7 nitrogen and oxygen atoms in total. The van der Waals surface area contributed by atoms with Crippen molar-refractivity contribution < 1.29 is 17.6 Å². The first kappa shape index (κ1) is 18.6. The van der Waals surface area contributed by atoms with Crippen molar-refractivity contribution in [2.75, 3.05) is 18.1 Å². The van der Waals surface area contributed by atoms with Gasteiger partial charge >= 0.3 is 5.63 Å². The number of hydrogen-bond donors (Lipinski definition) is 2. The van der Waals surface area contributed by atoms with Gasteiger partial charge in [-0.1, -0.05) is 18.2 Å². The second-order valence-electron chi connectivity index (χ2n) is 6.81. The highest BCUT2D eigenvalue weighted by atomic mass is 32.2. The lowest BCUT2D eigenvalue weighted by Gasteiger charge is -2.27. The highest BCUT2D eigenvalue weighted by molar-refractivity contribution is 7.88. The Balaban J connectivity index is 1.59. The summed E-state index contributed by atoms with van der Waals surface area (Å²) in [5, 5.41) is 3.43. The molecule has 2 N–H and O–H groups in total. The van der Waals surface area contributed by atoms with E-state index in [2.05, 4.69) is 10.0 Å². The minimum atomic E-state index is -3.19. The highest BCUT2D eigenvalue weighted by Crippen LogP contribution is 2.29. The quantitative estimate of drug-likeness (QED) is 0.775. The molecule has 0 saturated heterocycles. The van der Waals surface area contributed by atoms with Crippen LogP contribution in [0, 0.1) is 11.8 Å². The molecule has 1 fully saturated rings. The Hall–Kier alpha value is -2.19. The van der Waals surface area contributed by atoms with Gasteiger partial charge in [0.15, 0.2) is 0 Å². The summed E-state index contributed by atoms with van der Waals surface area (Å²) in [5.74, 6) is -0.142. The molecule has 1 aliphatic carbocycles. The number of carbonyl (C=O) groups excluding carboxylic acids is 1. The summed E-state index contributed by atoms with van der Waals surface area (Å²) >= 11 is 0. The first-order chi connectivity index (χ1) is 12.3. The van der Waals surface area contributed by atoms with Crippen LogP contribution in [0.15, 0.2) is 39.5 Å². The predicted molar refractivity (Wildman–Crippen MR) is 99.4 cm³/mol. The van der Waals surface area contributed by atoms with E-state index in [1.165, 1.54) is 0 Å². The lowest BCUT2D eigenvalue weighted by molar-refractivity contribution is -0.121. The average molecular weight is 378 g/mol. The maximum Gasteiger partial charge on any atom is 0.360 e. The van der Waals surface area contributed by atoms with Crippen molar-refractivity contribution in [3.05, 3.63) is 40.8 Å². The molecule has 0 bridgehead atoms. The summed E-state index contributed by atoms with van der Waals surface area (Å²) in [6.07, 6.45) is 4.02. The predicted octanol–water partition coefficient (Wildman–Crippen LogP) is 2.09. The van der Waals surface area contributed by atoms with Gasteiger partial charge in [0.05, 0.1) is 6.26 Å². The first-order valence-corrected chi connectivity index (χ1v) is 10.5. The molecule has 1 aliphatic rings. The van der Waals surface area contributed by atoms with E-state index in [0.29, 0.717) is 25.0 Å². The Morgan fingerprint density at radius 3 is 2.58 bits per heavy atom. The number of rotatable bonds is 5. The van der Waals surface area contributed by atoms with Gasteiger partial charge in [0.25, 0.3) is 0 Å². The number of carbonyl (C=O) groups is 1. The van der Waals surface area contributed by atoms with Crippen molar-refractivity contribution in [3.63, 3.8) is 0 Å². The van der Waals surface area contributed by atoms with Gasteiger partial charge in [0, 0.05) is 17.8 Å². The molecule has 0 atom stereocenters. The van der Waals surface area contributed by atoms with Crippen LogP contribution < -0.4 is 15.7 Å². The van der Waals surface area contributed by atoms with Crippen molar-refractivity contribution in [2.24, 2.45) is 11.8 Å². The van der Waals surface area contributed by atoms with Gasteiger partial charge < -0.3 is 9.73 Å². The molecule has 1 saturated carbocycles. The SMILES string of the molecule is CS(=O)(=O)NCC1CCC(C(=O)Nc2cc3ccccc3oc2=O)CC1. The number of sulfonamides is 1. The van der Waals surface area contributed by atoms with E-state index in [1.807, 2.05) is 12.1 Å². The van der Waals surface area contributed by atoms with Crippen LogP contribution in [0.25, 0.3) is 11.0 Å². The van der Waals surface area contributed by atoms with E-state index in [-0.39, 0.29) is 23.4 Å². The van der Waals surface area contributed by atoms with Gasteiger partial charge in [-0.3, -0.25) is 4.79 Å². The smallest absolute Gasteiger partial charge is 0.360 e. The molecular formula is C18H22N2O5S. The number of para-hydroxylation sites is 1. The molecule has 0 unspecified atom stereocenters. The van der Waals surface area contributed by atoms with E-state index < -0.39 is 15.6 Å². The van der Waals surface area contributed by atoms with Crippen LogP contribution >= 0.6 is 0 Å². The molecular weight excluding hydrogens is 356 g/mol. The molecule has 26 heavy (non-hydrogen) atoms. The monoisotopic (exact) mass is 378 g/mol. The molecule has 0 aliphatic heterocycles. The van der Waals surface area contributed by atoms with E-state index in [4.69, 9.17) is 4.42 Å².